The van der Waals surface area contributed by atoms with Crippen LogP contribution in [0.2, 0.25) is 0 Å². The molecule has 5 nitrogen and oxygen atoms in total. The van der Waals surface area contributed by atoms with Crippen LogP contribution >= 0.6 is 0 Å². The van der Waals surface area contributed by atoms with E-state index in [2.05, 4.69) is 11.6 Å². The van der Waals surface area contributed by atoms with E-state index in [9.17, 15) is 0 Å². The van der Waals surface area contributed by atoms with E-state index < -0.39 is 0 Å². The van der Waals surface area contributed by atoms with Crippen molar-refractivity contribution in [1.82, 2.24) is 4.90 Å². The molecule has 0 aliphatic carbocycles. The first-order valence-corrected chi connectivity index (χ1v) is 5.98. The lowest BCUT2D eigenvalue weighted by atomic mass is 10.3. The second-order valence-electron chi connectivity index (χ2n) is 4.38. The summed E-state index contributed by atoms with van der Waals surface area (Å²) < 4.78 is 10.8. The zero-order valence-corrected chi connectivity index (χ0v) is 10.8. The van der Waals surface area contributed by atoms with Gasteiger partial charge in [-0.05, 0) is 13.8 Å². The monoisotopic (exact) mass is 241 g/mol. The molecule has 0 aromatic rings. The summed E-state index contributed by atoms with van der Waals surface area (Å²) in [7, 11) is 0. The molecule has 0 aromatic heterocycles. The topological polar surface area (TPSA) is 60.1 Å². The summed E-state index contributed by atoms with van der Waals surface area (Å²) in [6.45, 7) is 11.8. The lowest BCUT2D eigenvalue weighted by Crippen LogP contribution is -2.48. The maximum absolute atomic E-state index is 5.90. The summed E-state index contributed by atoms with van der Waals surface area (Å²) in [5, 5.41) is 0. The highest BCUT2D eigenvalue weighted by Crippen LogP contribution is 2.03. The van der Waals surface area contributed by atoms with E-state index >= 15 is 0 Å². The van der Waals surface area contributed by atoms with Crippen molar-refractivity contribution in [1.29, 1.82) is 0 Å². The third kappa shape index (κ3) is 5.70. The van der Waals surface area contributed by atoms with Gasteiger partial charge in [0.15, 0.2) is 5.96 Å². The van der Waals surface area contributed by atoms with Crippen molar-refractivity contribution < 1.29 is 9.47 Å². The van der Waals surface area contributed by atoms with Crippen LogP contribution in [0.3, 0.4) is 0 Å². The molecule has 0 saturated carbocycles. The van der Waals surface area contributed by atoms with Gasteiger partial charge in [-0.25, -0.2) is 0 Å². The number of aliphatic imine (C=N–C) groups is 1. The lowest BCUT2D eigenvalue weighted by Gasteiger charge is -2.31. The first-order valence-electron chi connectivity index (χ1n) is 5.98. The van der Waals surface area contributed by atoms with Gasteiger partial charge in [-0.1, -0.05) is 12.2 Å². The summed E-state index contributed by atoms with van der Waals surface area (Å²) in [6, 6.07) is 0. The molecule has 1 aliphatic rings. The fraction of sp³-hybridized carbons (Fsp3) is 0.750. The molecule has 5 heteroatoms. The Hall–Kier alpha value is -1.07. The van der Waals surface area contributed by atoms with Gasteiger partial charge in [-0.15, -0.1) is 0 Å². The maximum atomic E-state index is 5.90. The number of hydrogen-bond acceptors (Lipinski definition) is 3. The van der Waals surface area contributed by atoms with E-state index in [1.165, 1.54) is 0 Å². The molecule has 1 atom stereocenters. The Morgan fingerprint density at radius 2 is 2.41 bits per heavy atom. The molecule has 98 valence electrons. The SMILES string of the molecule is C=C(C)COCCN=C(N)N1CCOC(C)C1. The van der Waals surface area contributed by atoms with Gasteiger partial charge in [-0.2, -0.15) is 0 Å². The quantitative estimate of drug-likeness (QED) is 0.332. The van der Waals surface area contributed by atoms with E-state index in [0.717, 1.165) is 18.7 Å². The molecule has 1 aliphatic heterocycles. The molecule has 1 rings (SSSR count). The van der Waals surface area contributed by atoms with Crippen LogP contribution in [0.1, 0.15) is 13.8 Å². The molecular formula is C12H23N3O2. The second kappa shape index (κ2) is 7.29. The van der Waals surface area contributed by atoms with Crippen LogP contribution in [0, 0.1) is 0 Å². The average Bonchev–Trinajstić information content (AvgIpc) is 2.28. The number of guanidine groups is 1. The highest BCUT2D eigenvalue weighted by Gasteiger charge is 2.17. The first kappa shape index (κ1) is 14.0. The smallest absolute Gasteiger partial charge is 0.191 e. The Morgan fingerprint density at radius 3 is 3.06 bits per heavy atom. The molecule has 17 heavy (non-hydrogen) atoms. The highest BCUT2D eigenvalue weighted by molar-refractivity contribution is 5.78. The predicted octanol–water partition coefficient (Wildman–Crippen LogP) is 0.615. The maximum Gasteiger partial charge on any atom is 0.191 e. The van der Waals surface area contributed by atoms with E-state index in [1.807, 2.05) is 18.7 Å². The van der Waals surface area contributed by atoms with E-state index in [0.29, 0.717) is 32.3 Å². The van der Waals surface area contributed by atoms with E-state index in [1.54, 1.807) is 0 Å². The zero-order chi connectivity index (χ0) is 12.7. The van der Waals surface area contributed by atoms with Crippen LogP contribution in [-0.4, -0.2) is 56.4 Å². The fourth-order valence-electron chi connectivity index (χ4n) is 1.60. The van der Waals surface area contributed by atoms with Gasteiger partial charge in [0.05, 0.1) is 32.5 Å². The predicted molar refractivity (Wildman–Crippen MR) is 69.1 cm³/mol. The molecule has 1 unspecified atom stereocenters. The van der Waals surface area contributed by atoms with Gasteiger partial charge >= 0.3 is 0 Å². The van der Waals surface area contributed by atoms with Gasteiger partial charge in [-0.3, -0.25) is 4.99 Å². The van der Waals surface area contributed by atoms with E-state index in [4.69, 9.17) is 15.2 Å². The normalized spacial score (nSPS) is 21.6. The number of morpholine rings is 1. The molecule has 1 fully saturated rings. The number of nitrogens with zero attached hydrogens (tertiary/aromatic N) is 2. The average molecular weight is 241 g/mol. The molecule has 0 bridgehead atoms. The largest absolute Gasteiger partial charge is 0.375 e. The van der Waals surface area contributed by atoms with Gasteiger partial charge in [0.25, 0.3) is 0 Å². The van der Waals surface area contributed by atoms with Crippen molar-refractivity contribution in [2.24, 2.45) is 10.7 Å². The van der Waals surface area contributed by atoms with Gasteiger partial charge in [0.1, 0.15) is 0 Å². The lowest BCUT2D eigenvalue weighted by molar-refractivity contribution is 0.00525. The molecule has 1 heterocycles. The number of ether oxygens (including phenoxy) is 2. The highest BCUT2D eigenvalue weighted by atomic mass is 16.5. The van der Waals surface area contributed by atoms with E-state index in [-0.39, 0.29) is 6.10 Å². The van der Waals surface area contributed by atoms with Gasteiger partial charge in [0, 0.05) is 13.1 Å². The summed E-state index contributed by atoms with van der Waals surface area (Å²) >= 11 is 0. The summed E-state index contributed by atoms with van der Waals surface area (Å²) in [6.07, 6.45) is 0.220. The van der Waals surface area contributed by atoms with Crippen molar-refractivity contribution in [2.75, 3.05) is 39.5 Å². The standard InChI is InChI=1S/C12H23N3O2/c1-10(2)9-16-6-4-14-12(13)15-5-7-17-11(3)8-15/h11H,1,4-9H2,2-3H3,(H2,13,14). The molecule has 0 radical (unpaired) electrons. The molecule has 0 amide bonds. The molecule has 0 spiro atoms. The first-order chi connectivity index (χ1) is 8.09. The summed E-state index contributed by atoms with van der Waals surface area (Å²) in [5.74, 6) is 0.582. The Bertz CT molecular complexity index is 279. The number of rotatable bonds is 5. The Morgan fingerprint density at radius 1 is 1.65 bits per heavy atom. The molecule has 1 saturated heterocycles. The van der Waals surface area contributed by atoms with Crippen LogP contribution in [0.15, 0.2) is 17.1 Å². The molecule has 0 aromatic carbocycles. The molecule has 2 N–H and O–H groups in total. The third-order valence-corrected chi connectivity index (χ3v) is 2.42. The minimum atomic E-state index is 0.220. The fourth-order valence-corrected chi connectivity index (χ4v) is 1.60. The second-order valence-corrected chi connectivity index (χ2v) is 4.38. The van der Waals surface area contributed by atoms with Crippen LogP contribution in [0.25, 0.3) is 0 Å². The Balaban J connectivity index is 2.21. The van der Waals surface area contributed by atoms with Crippen LogP contribution < -0.4 is 5.73 Å². The van der Waals surface area contributed by atoms with Crippen molar-refractivity contribution in [3.8, 4) is 0 Å². The van der Waals surface area contributed by atoms with Crippen molar-refractivity contribution in [3.63, 3.8) is 0 Å². The van der Waals surface area contributed by atoms with Crippen LogP contribution in [-0.2, 0) is 9.47 Å². The third-order valence-electron chi connectivity index (χ3n) is 2.42. The van der Waals surface area contributed by atoms with Crippen LogP contribution in [0.4, 0.5) is 0 Å². The Kier molecular flexibility index (Phi) is 6.00. The van der Waals surface area contributed by atoms with Crippen molar-refractivity contribution in [2.45, 2.75) is 20.0 Å². The van der Waals surface area contributed by atoms with Gasteiger partial charge in [0.2, 0.25) is 0 Å². The summed E-state index contributed by atoms with van der Waals surface area (Å²) in [4.78, 5) is 6.34. The van der Waals surface area contributed by atoms with Crippen molar-refractivity contribution >= 4 is 5.96 Å². The summed E-state index contributed by atoms with van der Waals surface area (Å²) in [5.41, 5.74) is 6.92. The molecular weight excluding hydrogens is 218 g/mol. The minimum Gasteiger partial charge on any atom is -0.375 e. The van der Waals surface area contributed by atoms with Crippen molar-refractivity contribution in [3.05, 3.63) is 12.2 Å². The minimum absolute atomic E-state index is 0.220. The zero-order valence-electron chi connectivity index (χ0n) is 10.8. The number of hydrogen-bond donors (Lipinski definition) is 1. The van der Waals surface area contributed by atoms with Crippen LogP contribution in [0.5, 0.6) is 0 Å². The van der Waals surface area contributed by atoms with Gasteiger partial charge < -0.3 is 20.1 Å². The Labute approximate surface area is 103 Å². The number of nitrogens with two attached hydrogens (primary N) is 1.